The molecule has 1 atom stereocenters. The Morgan fingerprint density at radius 2 is 1.95 bits per heavy atom. The van der Waals surface area contributed by atoms with Crippen LogP contribution in [0.1, 0.15) is 44.0 Å². The van der Waals surface area contributed by atoms with E-state index in [2.05, 4.69) is 0 Å². The van der Waals surface area contributed by atoms with Crippen molar-refractivity contribution in [2.24, 2.45) is 0 Å². The minimum Gasteiger partial charge on any atom is -0.462 e. The lowest BCUT2D eigenvalue weighted by atomic mass is 9.97. The van der Waals surface area contributed by atoms with Crippen LogP contribution in [0.25, 0.3) is 0 Å². The molecular weight excluding hydrogens is 256 g/mol. The van der Waals surface area contributed by atoms with Crippen molar-refractivity contribution in [2.45, 2.75) is 45.0 Å². The molecule has 20 heavy (non-hydrogen) atoms. The minimum atomic E-state index is -0.573. The number of carbonyl (C=O) groups excluding carboxylic acids is 1. The van der Waals surface area contributed by atoms with Crippen LogP contribution < -0.4 is 0 Å². The van der Waals surface area contributed by atoms with Gasteiger partial charge in [-0.1, -0.05) is 18.2 Å². The van der Waals surface area contributed by atoms with E-state index in [9.17, 15) is 4.79 Å². The lowest BCUT2D eigenvalue weighted by Gasteiger charge is -2.43. The number of hydrogen-bond donors (Lipinski definition) is 0. The van der Waals surface area contributed by atoms with Gasteiger partial charge in [0.05, 0.1) is 24.4 Å². The zero-order valence-corrected chi connectivity index (χ0v) is 12.3. The Kier molecular flexibility index (Phi) is 4.45. The maximum absolute atomic E-state index is 11.8. The highest BCUT2D eigenvalue weighted by molar-refractivity contribution is 5.89. The van der Waals surface area contributed by atoms with Crippen molar-refractivity contribution in [1.29, 1.82) is 0 Å². The van der Waals surface area contributed by atoms with Gasteiger partial charge in [-0.2, -0.15) is 0 Å². The number of esters is 1. The molecule has 0 amide bonds. The molecule has 0 unspecified atom stereocenters. The van der Waals surface area contributed by atoms with Gasteiger partial charge in [0.25, 0.3) is 0 Å². The summed E-state index contributed by atoms with van der Waals surface area (Å²) in [7, 11) is 0. The molecule has 1 aliphatic rings. The van der Waals surface area contributed by atoms with Gasteiger partial charge in [-0.25, -0.2) is 4.79 Å². The Morgan fingerprint density at radius 3 is 2.60 bits per heavy atom. The van der Waals surface area contributed by atoms with E-state index in [-0.39, 0.29) is 11.6 Å². The van der Waals surface area contributed by atoms with E-state index in [1.54, 1.807) is 12.1 Å². The fourth-order valence-electron chi connectivity index (χ4n) is 2.38. The Hall–Kier alpha value is -1.39. The van der Waals surface area contributed by atoms with E-state index < -0.39 is 5.79 Å². The van der Waals surface area contributed by atoms with Gasteiger partial charge in [0.1, 0.15) is 0 Å². The van der Waals surface area contributed by atoms with Crippen molar-refractivity contribution in [3.05, 3.63) is 35.9 Å². The summed E-state index contributed by atoms with van der Waals surface area (Å²) in [6, 6.07) is 9.01. The summed E-state index contributed by atoms with van der Waals surface area (Å²) in [5.74, 6) is -0.864. The van der Waals surface area contributed by atoms with Crippen LogP contribution in [0.2, 0.25) is 0 Å². The van der Waals surface area contributed by atoms with Crippen LogP contribution in [0, 0.1) is 0 Å². The molecule has 1 aromatic rings. The minimum absolute atomic E-state index is 0.291. The van der Waals surface area contributed by atoms with Gasteiger partial charge in [-0.3, -0.25) is 0 Å². The number of ether oxygens (including phenoxy) is 3. The van der Waals surface area contributed by atoms with Crippen molar-refractivity contribution >= 4 is 5.97 Å². The molecule has 4 nitrogen and oxygen atoms in total. The first kappa shape index (κ1) is 15.0. The summed E-state index contributed by atoms with van der Waals surface area (Å²) < 4.78 is 16.8. The van der Waals surface area contributed by atoms with Gasteiger partial charge in [0, 0.05) is 6.42 Å². The first-order valence-electron chi connectivity index (χ1n) is 6.97. The van der Waals surface area contributed by atoms with E-state index in [4.69, 9.17) is 14.2 Å². The van der Waals surface area contributed by atoms with E-state index in [1.807, 2.05) is 39.0 Å². The third-order valence-electron chi connectivity index (χ3n) is 3.45. The number of rotatable bonds is 4. The fourth-order valence-corrected chi connectivity index (χ4v) is 2.38. The van der Waals surface area contributed by atoms with Gasteiger partial charge in [-0.15, -0.1) is 0 Å². The molecule has 1 saturated heterocycles. The predicted octanol–water partition coefficient (Wildman–Crippen LogP) is 3.17. The summed E-state index contributed by atoms with van der Waals surface area (Å²) in [5, 5.41) is 0. The highest BCUT2D eigenvalue weighted by Crippen LogP contribution is 2.32. The third-order valence-corrected chi connectivity index (χ3v) is 3.45. The maximum Gasteiger partial charge on any atom is 0.338 e. The normalized spacial score (nSPS) is 25.1. The summed E-state index contributed by atoms with van der Waals surface area (Å²) in [6.07, 6.45) is 1.47. The van der Waals surface area contributed by atoms with Crippen LogP contribution in [-0.4, -0.2) is 30.6 Å². The zero-order valence-electron chi connectivity index (χ0n) is 12.3. The third kappa shape index (κ3) is 4.05. The second-order valence-electron chi connectivity index (χ2n) is 5.80. The van der Waals surface area contributed by atoms with Gasteiger partial charge < -0.3 is 14.2 Å². The molecule has 1 aromatic carbocycles. The average Bonchev–Trinajstić information content (AvgIpc) is 2.38. The fraction of sp³-hybridized carbons (Fsp3) is 0.562. The van der Waals surface area contributed by atoms with Crippen LogP contribution in [0.3, 0.4) is 0 Å². The predicted molar refractivity (Wildman–Crippen MR) is 75.5 cm³/mol. The van der Waals surface area contributed by atoms with Crippen molar-refractivity contribution < 1.29 is 19.0 Å². The van der Waals surface area contributed by atoms with Gasteiger partial charge in [0.15, 0.2) is 5.79 Å². The maximum atomic E-state index is 11.8. The number of hydrogen-bond acceptors (Lipinski definition) is 4. The number of benzene rings is 1. The summed E-state index contributed by atoms with van der Waals surface area (Å²) in [5.41, 5.74) is 0.268. The molecule has 110 valence electrons. The molecule has 0 aliphatic carbocycles. The molecule has 0 radical (unpaired) electrons. The van der Waals surface area contributed by atoms with E-state index in [0.29, 0.717) is 25.2 Å². The highest BCUT2D eigenvalue weighted by Gasteiger charge is 2.38. The van der Waals surface area contributed by atoms with Gasteiger partial charge in [-0.05, 0) is 39.3 Å². The first-order valence-corrected chi connectivity index (χ1v) is 6.97. The molecule has 0 saturated carbocycles. The first-order chi connectivity index (χ1) is 9.40. The summed E-state index contributed by atoms with van der Waals surface area (Å²) in [6.45, 7) is 6.85. The Labute approximate surface area is 120 Å². The highest BCUT2D eigenvalue weighted by atomic mass is 16.7. The smallest absolute Gasteiger partial charge is 0.338 e. The lowest BCUT2D eigenvalue weighted by Crippen LogP contribution is -2.47. The molecule has 1 heterocycles. The van der Waals surface area contributed by atoms with Crippen molar-refractivity contribution in [1.82, 2.24) is 0 Å². The molecule has 4 heteroatoms. The molecule has 0 aromatic heterocycles. The second kappa shape index (κ2) is 5.94. The Morgan fingerprint density at radius 1 is 1.25 bits per heavy atom. The van der Waals surface area contributed by atoms with Gasteiger partial charge in [0.2, 0.25) is 0 Å². The Bertz CT molecular complexity index is 455. The van der Waals surface area contributed by atoms with Gasteiger partial charge >= 0.3 is 5.97 Å². The van der Waals surface area contributed by atoms with Crippen molar-refractivity contribution in [3.63, 3.8) is 0 Å². The molecule has 1 aliphatic heterocycles. The zero-order chi connectivity index (χ0) is 14.6. The SMILES string of the molecule is CC1(C)OCC[C@](C)(CCOC(=O)c2ccccc2)O1. The quantitative estimate of drug-likeness (QED) is 0.794. The van der Waals surface area contributed by atoms with Crippen molar-refractivity contribution in [3.8, 4) is 0 Å². The second-order valence-corrected chi connectivity index (χ2v) is 5.80. The molecule has 0 N–H and O–H groups in total. The molecule has 0 spiro atoms. The summed E-state index contributed by atoms with van der Waals surface area (Å²) in [4.78, 5) is 11.8. The van der Waals surface area contributed by atoms with Crippen LogP contribution >= 0.6 is 0 Å². The molecule has 1 fully saturated rings. The van der Waals surface area contributed by atoms with Crippen LogP contribution in [0.4, 0.5) is 0 Å². The topological polar surface area (TPSA) is 44.8 Å². The van der Waals surface area contributed by atoms with Crippen LogP contribution in [0.15, 0.2) is 30.3 Å². The van der Waals surface area contributed by atoms with E-state index in [1.165, 1.54) is 0 Å². The monoisotopic (exact) mass is 278 g/mol. The molecule has 2 rings (SSSR count). The Balaban J connectivity index is 1.82. The number of carbonyl (C=O) groups is 1. The van der Waals surface area contributed by atoms with Crippen LogP contribution in [0.5, 0.6) is 0 Å². The van der Waals surface area contributed by atoms with Crippen molar-refractivity contribution in [2.75, 3.05) is 13.2 Å². The average molecular weight is 278 g/mol. The molecular formula is C16H22O4. The standard InChI is InChI=1S/C16H22O4/c1-15(2)19-12-10-16(3,20-15)9-11-18-14(17)13-7-5-4-6-8-13/h4-8H,9-12H2,1-3H3/t16-/m0/s1. The lowest BCUT2D eigenvalue weighted by molar-refractivity contribution is -0.307. The summed E-state index contributed by atoms with van der Waals surface area (Å²) >= 11 is 0. The molecule has 0 bridgehead atoms. The van der Waals surface area contributed by atoms with E-state index in [0.717, 1.165) is 6.42 Å². The largest absolute Gasteiger partial charge is 0.462 e. The van der Waals surface area contributed by atoms with E-state index >= 15 is 0 Å². The van der Waals surface area contributed by atoms with Crippen LogP contribution in [-0.2, 0) is 14.2 Å².